The minimum atomic E-state index is -0.867. The second kappa shape index (κ2) is 11.3. The second-order valence-corrected chi connectivity index (χ2v) is 11.0. The largest absolute Gasteiger partial charge is 0.508 e. The lowest BCUT2D eigenvalue weighted by atomic mass is 9.87. The number of hydrogen-bond acceptors (Lipinski definition) is 5. The van der Waals surface area contributed by atoms with Gasteiger partial charge in [0.15, 0.2) is 0 Å². The van der Waals surface area contributed by atoms with Gasteiger partial charge in [-0.15, -0.1) is 0 Å². The van der Waals surface area contributed by atoms with Crippen LogP contribution in [0.25, 0.3) is 0 Å². The van der Waals surface area contributed by atoms with Crippen molar-refractivity contribution in [1.29, 1.82) is 0 Å². The molecule has 0 aromatic heterocycles. The smallest absolute Gasteiger partial charge is 0.408 e. The zero-order valence-electron chi connectivity index (χ0n) is 21.7. The van der Waals surface area contributed by atoms with E-state index in [0.717, 1.165) is 44.9 Å². The molecule has 2 saturated carbocycles. The predicted octanol–water partition coefficient (Wildman–Crippen LogP) is 4.48. The van der Waals surface area contributed by atoms with Gasteiger partial charge in [0.1, 0.15) is 23.4 Å². The van der Waals surface area contributed by atoms with E-state index in [-0.39, 0.29) is 29.6 Å². The van der Waals surface area contributed by atoms with Crippen LogP contribution in [0.1, 0.15) is 96.2 Å². The molecule has 0 radical (unpaired) electrons. The number of amides is 3. The van der Waals surface area contributed by atoms with Crippen molar-refractivity contribution in [2.45, 2.75) is 116 Å². The molecule has 8 heteroatoms. The Balaban J connectivity index is 1.90. The number of ether oxygens (including phenoxy) is 1. The maximum absolute atomic E-state index is 13.8. The molecule has 0 aliphatic heterocycles. The van der Waals surface area contributed by atoms with Gasteiger partial charge < -0.3 is 25.4 Å². The van der Waals surface area contributed by atoms with E-state index in [4.69, 9.17) is 4.74 Å². The highest BCUT2D eigenvalue weighted by molar-refractivity contribution is 5.92. The number of nitrogens with one attached hydrogen (secondary N) is 2. The van der Waals surface area contributed by atoms with Crippen LogP contribution in [-0.2, 0) is 14.3 Å². The fourth-order valence-electron chi connectivity index (χ4n) is 4.77. The van der Waals surface area contributed by atoms with Gasteiger partial charge in [-0.1, -0.05) is 25.3 Å². The zero-order chi connectivity index (χ0) is 25.8. The standard InChI is InChI=1S/C27H41N3O5/c1-17-16-19(14-15-22(17)31)23(24(32)29-20-10-7-6-8-11-20)30(21-12-9-13-21)25(33)18(2)28-26(34)35-27(3,4)5/h14-16,18,20-21,23,31H,6-13H2,1-5H3,(H,28,34)(H,29,32). The van der Waals surface area contributed by atoms with Gasteiger partial charge in [-0.25, -0.2) is 4.79 Å². The SMILES string of the molecule is Cc1cc(C(C(=O)NC2CCCCC2)N(C(=O)C(C)NC(=O)OC(C)(C)C)C2CCC2)ccc1O. The Morgan fingerprint density at radius 3 is 2.26 bits per heavy atom. The number of carbonyl (C=O) groups is 3. The summed E-state index contributed by atoms with van der Waals surface area (Å²) in [5, 5.41) is 15.9. The van der Waals surface area contributed by atoms with Crippen LogP contribution >= 0.6 is 0 Å². The Hall–Kier alpha value is -2.77. The third-order valence-electron chi connectivity index (χ3n) is 6.84. The molecule has 0 spiro atoms. The molecular weight excluding hydrogens is 446 g/mol. The molecule has 3 amide bonds. The molecule has 2 aliphatic carbocycles. The number of benzene rings is 1. The molecule has 194 valence electrons. The number of phenols is 1. The number of alkyl carbamates (subject to hydrolysis) is 1. The van der Waals surface area contributed by atoms with Crippen LogP contribution < -0.4 is 10.6 Å². The molecule has 0 heterocycles. The molecule has 0 saturated heterocycles. The van der Waals surface area contributed by atoms with Crippen molar-refractivity contribution >= 4 is 17.9 Å². The van der Waals surface area contributed by atoms with E-state index in [1.807, 2.05) is 0 Å². The van der Waals surface area contributed by atoms with Crippen molar-refractivity contribution in [3.63, 3.8) is 0 Å². The normalized spacial score (nSPS) is 18.7. The fourth-order valence-corrected chi connectivity index (χ4v) is 4.77. The topological polar surface area (TPSA) is 108 Å². The first-order chi connectivity index (χ1) is 16.5. The molecule has 2 fully saturated rings. The van der Waals surface area contributed by atoms with Gasteiger partial charge in [-0.2, -0.15) is 0 Å². The van der Waals surface area contributed by atoms with Crippen molar-refractivity contribution in [2.75, 3.05) is 0 Å². The number of hydrogen-bond donors (Lipinski definition) is 3. The number of phenolic OH excluding ortho intramolecular Hbond substituents is 1. The lowest BCUT2D eigenvalue weighted by molar-refractivity contribution is -0.147. The summed E-state index contributed by atoms with van der Waals surface area (Å²) in [5.41, 5.74) is 0.601. The van der Waals surface area contributed by atoms with E-state index in [0.29, 0.717) is 11.1 Å². The van der Waals surface area contributed by atoms with E-state index in [2.05, 4.69) is 10.6 Å². The quantitative estimate of drug-likeness (QED) is 0.525. The van der Waals surface area contributed by atoms with Crippen molar-refractivity contribution in [3.8, 4) is 5.75 Å². The first kappa shape index (κ1) is 26.8. The van der Waals surface area contributed by atoms with E-state index in [1.165, 1.54) is 6.42 Å². The summed E-state index contributed by atoms with van der Waals surface area (Å²) in [6.45, 7) is 8.68. The molecular formula is C27H41N3O5. The van der Waals surface area contributed by atoms with Crippen LogP contribution in [0.15, 0.2) is 18.2 Å². The first-order valence-electron chi connectivity index (χ1n) is 12.9. The molecule has 1 aromatic rings. The Bertz CT molecular complexity index is 916. The van der Waals surface area contributed by atoms with Gasteiger partial charge in [0.05, 0.1) is 0 Å². The van der Waals surface area contributed by atoms with Gasteiger partial charge in [-0.3, -0.25) is 9.59 Å². The maximum Gasteiger partial charge on any atom is 0.408 e. The van der Waals surface area contributed by atoms with E-state index in [1.54, 1.807) is 57.7 Å². The molecule has 2 atom stereocenters. The molecule has 8 nitrogen and oxygen atoms in total. The van der Waals surface area contributed by atoms with Crippen LogP contribution in [0.2, 0.25) is 0 Å². The monoisotopic (exact) mass is 487 g/mol. The third kappa shape index (κ3) is 7.12. The van der Waals surface area contributed by atoms with Gasteiger partial charge in [0.2, 0.25) is 11.8 Å². The van der Waals surface area contributed by atoms with Crippen molar-refractivity contribution in [2.24, 2.45) is 0 Å². The van der Waals surface area contributed by atoms with Gasteiger partial charge in [0, 0.05) is 12.1 Å². The number of aromatic hydroxyl groups is 1. The highest BCUT2D eigenvalue weighted by Gasteiger charge is 2.41. The van der Waals surface area contributed by atoms with Crippen LogP contribution in [0.5, 0.6) is 5.75 Å². The Morgan fingerprint density at radius 2 is 1.71 bits per heavy atom. The predicted molar refractivity (Wildman–Crippen MR) is 134 cm³/mol. The molecule has 0 bridgehead atoms. The average Bonchev–Trinajstić information content (AvgIpc) is 2.73. The highest BCUT2D eigenvalue weighted by atomic mass is 16.6. The van der Waals surface area contributed by atoms with Gasteiger partial charge in [-0.05, 0) is 90.0 Å². The summed E-state index contributed by atoms with van der Waals surface area (Å²) in [6, 6.07) is 3.32. The maximum atomic E-state index is 13.8. The molecule has 35 heavy (non-hydrogen) atoms. The van der Waals surface area contributed by atoms with E-state index in [9.17, 15) is 19.5 Å². The molecule has 3 rings (SSSR count). The highest BCUT2D eigenvalue weighted by Crippen LogP contribution is 2.35. The van der Waals surface area contributed by atoms with Gasteiger partial charge >= 0.3 is 6.09 Å². The first-order valence-corrected chi connectivity index (χ1v) is 12.9. The summed E-state index contributed by atoms with van der Waals surface area (Å²) >= 11 is 0. The Kier molecular flexibility index (Phi) is 8.67. The van der Waals surface area contributed by atoms with Crippen molar-refractivity contribution in [3.05, 3.63) is 29.3 Å². The molecule has 3 N–H and O–H groups in total. The second-order valence-electron chi connectivity index (χ2n) is 11.0. The number of aryl methyl sites for hydroxylation is 1. The summed E-state index contributed by atoms with van der Waals surface area (Å²) in [5.74, 6) is -0.400. The summed E-state index contributed by atoms with van der Waals surface area (Å²) in [6.07, 6.45) is 7.11. The van der Waals surface area contributed by atoms with Crippen LogP contribution in [0.4, 0.5) is 4.79 Å². The van der Waals surface area contributed by atoms with Crippen LogP contribution in [0, 0.1) is 6.92 Å². The Labute approximate surface area is 208 Å². The summed E-state index contributed by atoms with van der Waals surface area (Å²) in [4.78, 5) is 41.5. The number of rotatable bonds is 7. The third-order valence-corrected chi connectivity index (χ3v) is 6.84. The number of nitrogens with zero attached hydrogens (tertiary/aromatic N) is 1. The van der Waals surface area contributed by atoms with E-state index >= 15 is 0 Å². The van der Waals surface area contributed by atoms with Gasteiger partial charge in [0.25, 0.3) is 0 Å². The summed E-state index contributed by atoms with van der Waals surface area (Å²) < 4.78 is 5.33. The van der Waals surface area contributed by atoms with Crippen LogP contribution in [-0.4, -0.2) is 51.6 Å². The van der Waals surface area contributed by atoms with Crippen molar-refractivity contribution in [1.82, 2.24) is 15.5 Å². The molecule has 2 aliphatic rings. The van der Waals surface area contributed by atoms with Crippen LogP contribution in [0.3, 0.4) is 0 Å². The lowest BCUT2D eigenvalue weighted by Crippen LogP contribution is -2.57. The minimum absolute atomic E-state index is 0.0904. The minimum Gasteiger partial charge on any atom is -0.508 e. The van der Waals surface area contributed by atoms with E-state index < -0.39 is 23.8 Å². The number of carbonyl (C=O) groups excluding carboxylic acids is 3. The molecule has 2 unspecified atom stereocenters. The average molecular weight is 488 g/mol. The zero-order valence-corrected chi connectivity index (χ0v) is 21.7. The van der Waals surface area contributed by atoms with Crippen molar-refractivity contribution < 1.29 is 24.2 Å². The lowest BCUT2D eigenvalue weighted by Gasteiger charge is -2.43. The fraction of sp³-hybridized carbons (Fsp3) is 0.667. The Morgan fingerprint density at radius 1 is 1.06 bits per heavy atom. The molecule has 1 aromatic carbocycles. The summed E-state index contributed by atoms with van der Waals surface area (Å²) in [7, 11) is 0.